The van der Waals surface area contributed by atoms with Crippen molar-refractivity contribution in [1.29, 1.82) is 0 Å². The summed E-state index contributed by atoms with van der Waals surface area (Å²) in [5.74, 6) is 3.83. The summed E-state index contributed by atoms with van der Waals surface area (Å²) >= 11 is 0. The van der Waals surface area contributed by atoms with Crippen LogP contribution in [0.25, 0.3) is 0 Å². The normalized spacial score (nSPS) is 12.8. The van der Waals surface area contributed by atoms with Crippen LogP contribution in [0.1, 0.15) is 34.3 Å². The topological polar surface area (TPSA) is 66.5 Å². The Labute approximate surface area is 190 Å². The largest absolute Gasteiger partial charge is 0.494 e. The van der Waals surface area contributed by atoms with Gasteiger partial charge in [-0.15, -0.1) is 0 Å². The first-order valence-electron chi connectivity index (χ1n) is 10.8. The van der Waals surface area contributed by atoms with Crippen LogP contribution >= 0.6 is 0 Å². The number of hydrogen-bond donors (Lipinski definition) is 0. The average molecular weight is 444 g/mol. The van der Waals surface area contributed by atoms with Crippen molar-refractivity contribution >= 4 is 5.91 Å². The van der Waals surface area contributed by atoms with E-state index in [9.17, 15) is 4.79 Å². The molecule has 32 heavy (non-hydrogen) atoms. The number of carbonyl (C=O) groups excluding carboxylic acids is 1. The first kappa shape index (κ1) is 23.6. The van der Waals surface area contributed by atoms with Gasteiger partial charge in [0.05, 0.1) is 35.0 Å². The smallest absolute Gasteiger partial charge is 0.253 e. The maximum Gasteiger partial charge on any atom is 0.253 e. The number of nitrogens with zero attached hydrogens (tertiary/aromatic N) is 1. The third kappa shape index (κ3) is 4.71. The van der Waals surface area contributed by atoms with Crippen LogP contribution in [-0.4, -0.2) is 59.9 Å². The first-order chi connectivity index (χ1) is 15.4. The quantitative estimate of drug-likeness (QED) is 0.517. The molecule has 1 aliphatic rings. The van der Waals surface area contributed by atoms with Gasteiger partial charge in [0.2, 0.25) is 11.5 Å². The summed E-state index contributed by atoms with van der Waals surface area (Å²) in [7, 11) is 10.0. The van der Waals surface area contributed by atoms with E-state index in [1.165, 1.54) is 0 Å². The molecule has 0 atom stereocenters. The molecule has 0 saturated carbocycles. The Balaban J connectivity index is 1.60. The van der Waals surface area contributed by atoms with Gasteiger partial charge >= 0.3 is 0 Å². The van der Waals surface area contributed by atoms with Crippen LogP contribution in [-0.2, 0) is 12.8 Å². The van der Waals surface area contributed by atoms with Crippen LogP contribution in [0.2, 0.25) is 0 Å². The summed E-state index contributed by atoms with van der Waals surface area (Å²) in [6.07, 6.45) is 3.74. The van der Waals surface area contributed by atoms with Gasteiger partial charge in [0, 0.05) is 30.8 Å². The molecule has 174 valence electrons. The molecule has 7 heteroatoms. The van der Waals surface area contributed by atoms with Gasteiger partial charge in [0.15, 0.2) is 11.5 Å². The molecule has 0 saturated heterocycles. The van der Waals surface area contributed by atoms with E-state index in [2.05, 4.69) is 0 Å². The molecule has 2 aromatic carbocycles. The maximum atomic E-state index is 12.0. The van der Waals surface area contributed by atoms with Gasteiger partial charge in [-0.1, -0.05) is 0 Å². The number of fused-ring (bicyclic) bond motifs is 1. The summed E-state index contributed by atoms with van der Waals surface area (Å²) < 4.78 is 28.4. The monoisotopic (exact) mass is 443 g/mol. The van der Waals surface area contributed by atoms with Gasteiger partial charge in [-0.2, -0.15) is 0 Å². The lowest BCUT2D eigenvalue weighted by molar-refractivity contribution is 0.0827. The highest BCUT2D eigenvalue weighted by Gasteiger charge is 2.33. The van der Waals surface area contributed by atoms with Gasteiger partial charge < -0.3 is 28.6 Å². The second kappa shape index (κ2) is 10.5. The van der Waals surface area contributed by atoms with Crippen LogP contribution < -0.4 is 23.7 Å². The minimum absolute atomic E-state index is 0.0172. The number of carbonyl (C=O) groups is 1. The fourth-order valence-electron chi connectivity index (χ4n) is 4.36. The average Bonchev–Trinajstić information content (AvgIpc) is 3.23. The lowest BCUT2D eigenvalue weighted by Crippen LogP contribution is -2.21. The molecule has 0 aromatic heterocycles. The van der Waals surface area contributed by atoms with E-state index >= 15 is 0 Å². The predicted molar refractivity (Wildman–Crippen MR) is 123 cm³/mol. The van der Waals surface area contributed by atoms with Crippen molar-refractivity contribution in [1.82, 2.24) is 4.90 Å². The lowest BCUT2D eigenvalue weighted by Gasteiger charge is -2.19. The van der Waals surface area contributed by atoms with Crippen LogP contribution in [0.4, 0.5) is 0 Å². The maximum absolute atomic E-state index is 12.0. The van der Waals surface area contributed by atoms with Crippen LogP contribution in [0, 0.1) is 5.92 Å². The molecule has 7 nitrogen and oxygen atoms in total. The number of hydrogen-bond acceptors (Lipinski definition) is 6. The molecule has 0 heterocycles. The molecule has 0 bridgehead atoms. The first-order valence-corrected chi connectivity index (χ1v) is 10.8. The molecule has 0 unspecified atom stereocenters. The number of benzene rings is 2. The Morgan fingerprint density at radius 3 is 1.78 bits per heavy atom. The van der Waals surface area contributed by atoms with E-state index in [0.29, 0.717) is 29.6 Å². The van der Waals surface area contributed by atoms with Gasteiger partial charge in [-0.25, -0.2) is 0 Å². The third-order valence-electron chi connectivity index (χ3n) is 5.87. The Kier molecular flexibility index (Phi) is 7.72. The van der Waals surface area contributed by atoms with Crippen LogP contribution in [0.15, 0.2) is 24.3 Å². The summed E-state index contributed by atoms with van der Waals surface area (Å²) in [6, 6.07) is 7.28. The predicted octanol–water partition coefficient (Wildman–Crippen LogP) is 4.00. The van der Waals surface area contributed by atoms with Crippen LogP contribution in [0.5, 0.6) is 28.7 Å². The highest BCUT2D eigenvalue weighted by atomic mass is 16.5. The van der Waals surface area contributed by atoms with Gasteiger partial charge in [-0.05, 0) is 55.9 Å². The van der Waals surface area contributed by atoms with E-state index in [-0.39, 0.29) is 5.91 Å². The van der Waals surface area contributed by atoms with E-state index in [4.69, 9.17) is 23.7 Å². The molecule has 0 fully saturated rings. The van der Waals surface area contributed by atoms with Crippen molar-refractivity contribution in [2.75, 3.05) is 49.1 Å². The molecular formula is C25H33NO6. The lowest BCUT2D eigenvalue weighted by atomic mass is 10.0. The van der Waals surface area contributed by atoms with Crippen molar-refractivity contribution in [3.8, 4) is 28.7 Å². The fourth-order valence-corrected chi connectivity index (χ4v) is 4.36. The molecule has 1 amide bonds. The van der Waals surface area contributed by atoms with Crippen LogP contribution in [0.3, 0.4) is 0 Å². The minimum Gasteiger partial charge on any atom is -0.494 e. The van der Waals surface area contributed by atoms with Crippen molar-refractivity contribution in [3.63, 3.8) is 0 Å². The van der Waals surface area contributed by atoms with Gasteiger partial charge in [-0.3, -0.25) is 4.79 Å². The van der Waals surface area contributed by atoms with E-state index in [0.717, 1.165) is 54.1 Å². The number of amides is 1. The zero-order chi connectivity index (χ0) is 23.3. The molecule has 0 radical (unpaired) electrons. The molecule has 3 rings (SSSR count). The number of ether oxygens (including phenoxy) is 5. The second-order valence-electron chi connectivity index (χ2n) is 8.08. The zero-order valence-corrected chi connectivity index (χ0v) is 19.8. The Bertz CT molecular complexity index is 898. The van der Waals surface area contributed by atoms with E-state index < -0.39 is 0 Å². The second-order valence-corrected chi connectivity index (χ2v) is 8.08. The molecule has 0 spiro atoms. The standard InChI is InChI=1S/C25H33NO6/c1-26(2)25(27)17-9-11-18(12-10-17)32-13-7-8-16-14-19-20(15-16)22(29-4)24(31-6)23(30-5)21(19)28-3/h9-12,16H,7-8,13-15H2,1-6H3. The van der Waals surface area contributed by atoms with Crippen molar-refractivity contribution in [2.24, 2.45) is 5.92 Å². The van der Waals surface area contributed by atoms with Crippen molar-refractivity contribution in [3.05, 3.63) is 41.0 Å². The Morgan fingerprint density at radius 1 is 0.844 bits per heavy atom. The summed E-state index contributed by atoms with van der Waals surface area (Å²) in [6.45, 7) is 0.620. The Morgan fingerprint density at radius 2 is 1.34 bits per heavy atom. The SMILES string of the molecule is COc1c2c(c(OC)c(OC)c1OC)CC(CCCOc1ccc(C(=O)N(C)C)cc1)C2. The fraction of sp³-hybridized carbons (Fsp3) is 0.480. The third-order valence-corrected chi connectivity index (χ3v) is 5.87. The highest BCUT2D eigenvalue weighted by molar-refractivity contribution is 5.93. The molecule has 2 aromatic rings. The summed E-state index contributed by atoms with van der Waals surface area (Å²) in [5.41, 5.74) is 2.92. The molecule has 0 aliphatic heterocycles. The van der Waals surface area contributed by atoms with Crippen molar-refractivity contribution in [2.45, 2.75) is 25.7 Å². The van der Waals surface area contributed by atoms with Gasteiger partial charge in [0.1, 0.15) is 5.75 Å². The van der Waals surface area contributed by atoms with Gasteiger partial charge in [0.25, 0.3) is 5.91 Å². The van der Waals surface area contributed by atoms with Crippen molar-refractivity contribution < 1.29 is 28.5 Å². The van der Waals surface area contributed by atoms with E-state index in [1.54, 1.807) is 59.6 Å². The summed E-state index contributed by atoms with van der Waals surface area (Å²) in [5, 5.41) is 0. The number of methoxy groups -OCH3 is 4. The molecule has 1 aliphatic carbocycles. The van der Waals surface area contributed by atoms with E-state index in [1.807, 2.05) is 12.1 Å². The zero-order valence-electron chi connectivity index (χ0n) is 19.8. The minimum atomic E-state index is -0.0172. The molecular weight excluding hydrogens is 410 g/mol. The molecule has 0 N–H and O–H groups in total. The Hall–Kier alpha value is -3.09. The highest BCUT2D eigenvalue weighted by Crippen LogP contribution is 2.53. The summed E-state index contributed by atoms with van der Waals surface area (Å²) in [4.78, 5) is 13.5. The number of rotatable bonds is 10.